The number of pyridine rings is 1. The predicted octanol–water partition coefficient (Wildman–Crippen LogP) is 4.84. The van der Waals surface area contributed by atoms with Crippen LogP contribution in [0.4, 0.5) is 5.69 Å². The summed E-state index contributed by atoms with van der Waals surface area (Å²) in [5, 5.41) is 3.63. The second-order valence-electron chi connectivity index (χ2n) is 6.52. The van der Waals surface area contributed by atoms with E-state index in [0.29, 0.717) is 33.8 Å². The van der Waals surface area contributed by atoms with Gasteiger partial charge in [-0.15, -0.1) is 0 Å². The van der Waals surface area contributed by atoms with Gasteiger partial charge in [-0.2, -0.15) is 0 Å². The molecule has 2 aromatic carbocycles. The summed E-state index contributed by atoms with van der Waals surface area (Å²) in [5.41, 5.74) is 3.45. The molecule has 29 heavy (non-hydrogen) atoms. The molecule has 0 fully saturated rings. The summed E-state index contributed by atoms with van der Waals surface area (Å²) in [6, 6.07) is 17.7. The molecule has 1 N–H and O–H groups in total. The number of amides is 1. The molecule has 0 atom stereocenters. The molecule has 0 aliphatic heterocycles. The van der Waals surface area contributed by atoms with Crippen LogP contribution in [0, 0.1) is 6.92 Å². The molecule has 4 aromatic rings. The van der Waals surface area contributed by atoms with E-state index in [1.807, 2.05) is 31.2 Å². The molecule has 0 saturated carbocycles. The van der Waals surface area contributed by atoms with Gasteiger partial charge in [0.1, 0.15) is 5.69 Å². The Kier molecular flexibility index (Phi) is 4.83. The molecule has 6 heteroatoms. The van der Waals surface area contributed by atoms with Crippen LogP contribution in [0.3, 0.4) is 0 Å². The zero-order chi connectivity index (χ0) is 20.4. The number of rotatable bonds is 4. The van der Waals surface area contributed by atoms with E-state index >= 15 is 0 Å². The highest BCUT2D eigenvalue weighted by Crippen LogP contribution is 2.26. The topological polar surface area (TPSA) is 81.4 Å². The molecule has 0 aliphatic rings. The highest BCUT2D eigenvalue weighted by Gasteiger charge is 2.17. The maximum atomic E-state index is 13.2. The van der Waals surface area contributed by atoms with Crippen molar-refractivity contribution in [3.8, 4) is 11.5 Å². The van der Waals surface area contributed by atoms with Crippen molar-refractivity contribution in [2.75, 3.05) is 12.4 Å². The fourth-order valence-corrected chi connectivity index (χ4v) is 3.10. The number of nitrogens with zero attached hydrogens (tertiary/aromatic N) is 1. The molecule has 6 nitrogen and oxygen atoms in total. The first-order chi connectivity index (χ1) is 14.1. The molecule has 0 bridgehead atoms. The third-order valence-corrected chi connectivity index (χ3v) is 4.64. The van der Waals surface area contributed by atoms with Gasteiger partial charge in [-0.3, -0.25) is 4.79 Å². The summed E-state index contributed by atoms with van der Waals surface area (Å²) in [6.45, 7) is 1.86. The molecule has 0 saturated heterocycles. The lowest BCUT2D eigenvalue weighted by atomic mass is 10.0. The number of methoxy groups -OCH3 is 1. The van der Waals surface area contributed by atoms with Crippen LogP contribution < -0.4 is 5.32 Å². The zero-order valence-corrected chi connectivity index (χ0v) is 15.9. The van der Waals surface area contributed by atoms with E-state index in [1.165, 1.54) is 7.11 Å². The maximum Gasteiger partial charge on any atom is 0.337 e. The van der Waals surface area contributed by atoms with E-state index in [9.17, 15) is 9.59 Å². The third kappa shape index (κ3) is 3.60. The van der Waals surface area contributed by atoms with Crippen molar-refractivity contribution < 1.29 is 18.7 Å². The number of ether oxygens (including phenoxy) is 1. The minimum Gasteiger partial charge on any atom is -0.465 e. The SMILES string of the molecule is COC(=O)c1ccc(C)c(NC(=O)c2cc(-c3ccco3)nc3ccccc23)c1. The van der Waals surface area contributed by atoms with E-state index in [2.05, 4.69) is 10.3 Å². The number of esters is 1. The number of carbonyl (C=O) groups excluding carboxylic acids is 2. The lowest BCUT2D eigenvalue weighted by Crippen LogP contribution is -2.14. The Hall–Kier alpha value is -3.93. The van der Waals surface area contributed by atoms with Gasteiger partial charge in [-0.05, 0) is 48.9 Å². The number of benzene rings is 2. The number of hydrogen-bond acceptors (Lipinski definition) is 5. The Bertz CT molecular complexity index is 1210. The van der Waals surface area contributed by atoms with E-state index in [-0.39, 0.29) is 5.91 Å². The molecule has 0 unspecified atom stereocenters. The smallest absolute Gasteiger partial charge is 0.337 e. The number of nitrogens with one attached hydrogen (secondary N) is 1. The first kappa shape index (κ1) is 18.4. The minimum atomic E-state index is -0.463. The highest BCUT2D eigenvalue weighted by molar-refractivity contribution is 6.13. The molecule has 4 rings (SSSR count). The van der Waals surface area contributed by atoms with Crippen molar-refractivity contribution in [2.24, 2.45) is 0 Å². The predicted molar refractivity (Wildman–Crippen MR) is 110 cm³/mol. The van der Waals surface area contributed by atoms with Crippen molar-refractivity contribution in [1.82, 2.24) is 4.98 Å². The van der Waals surface area contributed by atoms with Gasteiger partial charge >= 0.3 is 5.97 Å². The summed E-state index contributed by atoms with van der Waals surface area (Å²) in [7, 11) is 1.32. The lowest BCUT2D eigenvalue weighted by Gasteiger charge is -2.12. The normalized spacial score (nSPS) is 10.7. The number of aromatic nitrogens is 1. The van der Waals surface area contributed by atoms with E-state index in [4.69, 9.17) is 9.15 Å². The van der Waals surface area contributed by atoms with Gasteiger partial charge in [0.15, 0.2) is 5.76 Å². The van der Waals surface area contributed by atoms with Crippen LogP contribution >= 0.6 is 0 Å². The molecule has 0 aliphatic carbocycles. The highest BCUT2D eigenvalue weighted by atomic mass is 16.5. The van der Waals surface area contributed by atoms with E-state index in [1.54, 1.807) is 42.7 Å². The van der Waals surface area contributed by atoms with Gasteiger partial charge in [0.2, 0.25) is 0 Å². The monoisotopic (exact) mass is 386 g/mol. The Labute approximate surface area is 167 Å². The molecule has 1 amide bonds. The van der Waals surface area contributed by atoms with Crippen molar-refractivity contribution in [3.63, 3.8) is 0 Å². The van der Waals surface area contributed by atoms with Crippen LogP contribution in [0.5, 0.6) is 0 Å². The number of fused-ring (bicyclic) bond motifs is 1. The molecule has 2 heterocycles. The summed E-state index contributed by atoms with van der Waals surface area (Å²) in [6.07, 6.45) is 1.56. The van der Waals surface area contributed by atoms with Gasteiger partial charge in [0.25, 0.3) is 5.91 Å². The standard InChI is InChI=1S/C23H18N2O4/c1-14-9-10-15(23(27)28-2)12-19(14)25-22(26)17-13-20(21-8-5-11-29-21)24-18-7-4-3-6-16(17)18/h3-13H,1-2H3,(H,25,26). The van der Waals surface area contributed by atoms with Crippen LogP contribution in [0.25, 0.3) is 22.4 Å². The van der Waals surface area contributed by atoms with Crippen molar-refractivity contribution in [2.45, 2.75) is 6.92 Å². The van der Waals surface area contributed by atoms with Crippen LogP contribution in [-0.4, -0.2) is 24.0 Å². The van der Waals surface area contributed by atoms with Gasteiger partial charge in [0.05, 0.1) is 30.0 Å². The van der Waals surface area contributed by atoms with Gasteiger partial charge in [0, 0.05) is 11.1 Å². The quantitative estimate of drug-likeness (QED) is 0.508. The van der Waals surface area contributed by atoms with Crippen LogP contribution in [0.15, 0.2) is 71.3 Å². The molecule has 144 valence electrons. The molecular weight excluding hydrogens is 368 g/mol. The number of furan rings is 1. The second kappa shape index (κ2) is 7.59. The van der Waals surface area contributed by atoms with Crippen LogP contribution in [-0.2, 0) is 4.74 Å². The Balaban J connectivity index is 1.77. The summed E-state index contributed by atoms with van der Waals surface area (Å²) >= 11 is 0. The number of aryl methyl sites for hydroxylation is 1. The molecule has 0 radical (unpaired) electrons. The second-order valence-corrected chi connectivity index (χ2v) is 6.52. The Morgan fingerprint density at radius 1 is 1.03 bits per heavy atom. The average Bonchev–Trinajstić information content (AvgIpc) is 3.29. The third-order valence-electron chi connectivity index (χ3n) is 4.64. The number of carbonyl (C=O) groups is 2. The fourth-order valence-electron chi connectivity index (χ4n) is 3.10. The molecular formula is C23H18N2O4. The maximum absolute atomic E-state index is 13.2. The Morgan fingerprint density at radius 3 is 2.62 bits per heavy atom. The molecule has 2 aromatic heterocycles. The van der Waals surface area contributed by atoms with Crippen LogP contribution in [0.2, 0.25) is 0 Å². The average molecular weight is 386 g/mol. The number of para-hydroxylation sites is 1. The summed E-state index contributed by atoms with van der Waals surface area (Å²) in [5.74, 6) is -0.190. The van der Waals surface area contributed by atoms with Crippen molar-refractivity contribution >= 4 is 28.5 Å². The zero-order valence-electron chi connectivity index (χ0n) is 15.9. The van der Waals surface area contributed by atoms with Gasteiger partial charge in [-0.1, -0.05) is 24.3 Å². The largest absolute Gasteiger partial charge is 0.465 e. The first-order valence-electron chi connectivity index (χ1n) is 9.01. The summed E-state index contributed by atoms with van der Waals surface area (Å²) < 4.78 is 10.2. The Morgan fingerprint density at radius 2 is 1.86 bits per heavy atom. The number of anilines is 1. The minimum absolute atomic E-state index is 0.304. The summed E-state index contributed by atoms with van der Waals surface area (Å²) in [4.78, 5) is 29.6. The van der Waals surface area contributed by atoms with Gasteiger partial charge < -0.3 is 14.5 Å². The van der Waals surface area contributed by atoms with E-state index < -0.39 is 5.97 Å². The number of hydrogen-bond donors (Lipinski definition) is 1. The van der Waals surface area contributed by atoms with Crippen LogP contribution in [0.1, 0.15) is 26.3 Å². The molecule has 0 spiro atoms. The van der Waals surface area contributed by atoms with Crippen molar-refractivity contribution in [1.29, 1.82) is 0 Å². The fraction of sp³-hybridized carbons (Fsp3) is 0.0870. The van der Waals surface area contributed by atoms with E-state index in [0.717, 1.165) is 10.9 Å². The van der Waals surface area contributed by atoms with Crippen molar-refractivity contribution in [3.05, 3.63) is 83.6 Å². The lowest BCUT2D eigenvalue weighted by molar-refractivity contribution is 0.0600. The first-order valence-corrected chi connectivity index (χ1v) is 9.01. The van der Waals surface area contributed by atoms with Gasteiger partial charge in [-0.25, -0.2) is 9.78 Å².